The Balaban J connectivity index is 1.80. The van der Waals surface area contributed by atoms with Crippen LogP contribution < -0.4 is 5.32 Å². The predicted molar refractivity (Wildman–Crippen MR) is 108 cm³/mol. The van der Waals surface area contributed by atoms with Gasteiger partial charge < -0.3 is 10.2 Å². The van der Waals surface area contributed by atoms with Gasteiger partial charge in [0.1, 0.15) is 0 Å². The van der Waals surface area contributed by atoms with Gasteiger partial charge in [-0.2, -0.15) is 0 Å². The van der Waals surface area contributed by atoms with E-state index in [0.717, 1.165) is 48.4 Å². The molecule has 2 aromatic heterocycles. The van der Waals surface area contributed by atoms with Gasteiger partial charge in [-0.05, 0) is 44.0 Å². The average molecular weight is 360 g/mol. The molecule has 0 bridgehead atoms. The summed E-state index contributed by atoms with van der Waals surface area (Å²) in [5.74, 6) is 0.0466. The van der Waals surface area contributed by atoms with Crippen molar-refractivity contribution in [1.82, 2.24) is 14.9 Å². The maximum atomic E-state index is 13.3. The molecular weight excluding hydrogens is 336 g/mol. The minimum absolute atomic E-state index is 0.0466. The Morgan fingerprint density at radius 1 is 1.00 bits per heavy atom. The van der Waals surface area contributed by atoms with Crippen LogP contribution in [0.25, 0.3) is 11.0 Å². The van der Waals surface area contributed by atoms with Crippen molar-refractivity contribution in [3.8, 4) is 0 Å². The van der Waals surface area contributed by atoms with Crippen LogP contribution in [-0.2, 0) is 0 Å². The fourth-order valence-corrected chi connectivity index (χ4v) is 3.58. The topological polar surface area (TPSA) is 58.1 Å². The van der Waals surface area contributed by atoms with Crippen LogP contribution >= 0.6 is 0 Å². The number of aryl methyl sites for hydroxylation is 1. The standard InChI is InChI=1S/C22H24N4O/c1-16-11-12-18-20(25-17-9-5-4-6-10-17)19(15-23-21(18)24-16)22(27)26-13-7-2-3-8-14-26/h4-6,9-12,15H,2-3,7-8,13-14H2,1H3,(H,23,24,25). The van der Waals surface area contributed by atoms with E-state index in [-0.39, 0.29) is 5.91 Å². The second-order valence-electron chi connectivity index (χ2n) is 7.07. The van der Waals surface area contributed by atoms with Crippen molar-refractivity contribution in [3.63, 3.8) is 0 Å². The normalized spacial score (nSPS) is 14.8. The molecule has 0 radical (unpaired) electrons. The second-order valence-corrected chi connectivity index (χ2v) is 7.07. The van der Waals surface area contributed by atoms with Gasteiger partial charge in [0.05, 0.1) is 11.3 Å². The number of pyridine rings is 2. The van der Waals surface area contributed by atoms with Crippen LogP contribution in [0.2, 0.25) is 0 Å². The summed E-state index contributed by atoms with van der Waals surface area (Å²) in [6, 6.07) is 13.9. The van der Waals surface area contributed by atoms with Crippen molar-refractivity contribution in [1.29, 1.82) is 0 Å². The number of carbonyl (C=O) groups is 1. The molecule has 0 atom stereocenters. The minimum Gasteiger partial charge on any atom is -0.354 e. The Morgan fingerprint density at radius 3 is 2.48 bits per heavy atom. The molecule has 5 nitrogen and oxygen atoms in total. The van der Waals surface area contributed by atoms with E-state index in [9.17, 15) is 4.79 Å². The Labute approximate surface area is 159 Å². The van der Waals surface area contributed by atoms with Crippen molar-refractivity contribution in [3.05, 3.63) is 59.9 Å². The molecule has 4 rings (SSSR count). The van der Waals surface area contributed by atoms with Crippen LogP contribution in [-0.4, -0.2) is 33.9 Å². The molecule has 1 aliphatic rings. The third-order valence-electron chi connectivity index (χ3n) is 5.04. The van der Waals surface area contributed by atoms with E-state index < -0.39 is 0 Å². The Bertz CT molecular complexity index is 947. The van der Waals surface area contributed by atoms with E-state index in [2.05, 4.69) is 15.3 Å². The van der Waals surface area contributed by atoms with Gasteiger partial charge in [-0.25, -0.2) is 9.97 Å². The molecule has 5 heteroatoms. The number of hydrogen-bond donors (Lipinski definition) is 1. The van der Waals surface area contributed by atoms with E-state index in [0.29, 0.717) is 11.2 Å². The molecule has 1 saturated heterocycles. The fourth-order valence-electron chi connectivity index (χ4n) is 3.58. The van der Waals surface area contributed by atoms with E-state index in [1.54, 1.807) is 6.20 Å². The molecule has 0 unspecified atom stereocenters. The summed E-state index contributed by atoms with van der Waals surface area (Å²) >= 11 is 0. The highest BCUT2D eigenvalue weighted by Gasteiger charge is 2.22. The third kappa shape index (κ3) is 3.77. The summed E-state index contributed by atoms with van der Waals surface area (Å²) < 4.78 is 0. The van der Waals surface area contributed by atoms with Crippen molar-refractivity contribution in [2.75, 3.05) is 18.4 Å². The molecule has 1 fully saturated rings. The number of anilines is 2. The van der Waals surface area contributed by atoms with E-state index in [1.165, 1.54) is 12.8 Å². The summed E-state index contributed by atoms with van der Waals surface area (Å²) in [6.45, 7) is 3.57. The lowest BCUT2D eigenvalue weighted by Gasteiger charge is -2.22. The second kappa shape index (κ2) is 7.74. The number of likely N-dealkylation sites (tertiary alicyclic amines) is 1. The monoisotopic (exact) mass is 360 g/mol. The summed E-state index contributed by atoms with van der Waals surface area (Å²) in [7, 11) is 0. The lowest BCUT2D eigenvalue weighted by molar-refractivity contribution is 0.0762. The molecule has 1 N–H and O–H groups in total. The molecule has 0 spiro atoms. The molecule has 27 heavy (non-hydrogen) atoms. The summed E-state index contributed by atoms with van der Waals surface area (Å²) in [6.07, 6.45) is 6.19. The number of para-hydroxylation sites is 1. The number of fused-ring (bicyclic) bond motifs is 1. The quantitative estimate of drug-likeness (QED) is 0.736. The highest BCUT2D eigenvalue weighted by atomic mass is 16.2. The van der Waals surface area contributed by atoms with Gasteiger partial charge >= 0.3 is 0 Å². The molecule has 1 aromatic carbocycles. The molecule has 3 heterocycles. The van der Waals surface area contributed by atoms with Gasteiger partial charge in [-0.15, -0.1) is 0 Å². The van der Waals surface area contributed by atoms with Crippen molar-refractivity contribution in [2.45, 2.75) is 32.6 Å². The van der Waals surface area contributed by atoms with E-state index >= 15 is 0 Å². The van der Waals surface area contributed by atoms with Gasteiger partial charge in [-0.3, -0.25) is 4.79 Å². The van der Waals surface area contributed by atoms with Crippen LogP contribution in [0.1, 0.15) is 41.7 Å². The zero-order valence-corrected chi connectivity index (χ0v) is 15.6. The first-order valence-electron chi connectivity index (χ1n) is 9.60. The van der Waals surface area contributed by atoms with Crippen LogP contribution in [0.4, 0.5) is 11.4 Å². The van der Waals surface area contributed by atoms with E-state index in [4.69, 9.17) is 0 Å². The SMILES string of the molecule is Cc1ccc2c(Nc3ccccc3)c(C(=O)N3CCCCCC3)cnc2n1. The Kier molecular flexibility index (Phi) is 5.01. The number of aromatic nitrogens is 2. The maximum absolute atomic E-state index is 13.3. The fraction of sp³-hybridized carbons (Fsp3) is 0.318. The molecule has 0 saturated carbocycles. The number of hydrogen-bond acceptors (Lipinski definition) is 4. The zero-order chi connectivity index (χ0) is 18.6. The third-order valence-corrected chi connectivity index (χ3v) is 5.04. The van der Waals surface area contributed by atoms with Crippen molar-refractivity contribution >= 4 is 28.3 Å². The molecule has 3 aromatic rings. The Hall–Kier alpha value is -2.95. The summed E-state index contributed by atoms with van der Waals surface area (Å²) in [5.41, 5.74) is 3.90. The lowest BCUT2D eigenvalue weighted by Crippen LogP contribution is -2.32. The van der Waals surface area contributed by atoms with Crippen molar-refractivity contribution < 1.29 is 4.79 Å². The average Bonchev–Trinajstić information content (AvgIpc) is 2.98. The Morgan fingerprint density at radius 2 is 1.74 bits per heavy atom. The van der Waals surface area contributed by atoms with Crippen molar-refractivity contribution in [2.24, 2.45) is 0 Å². The molecule has 1 aliphatic heterocycles. The van der Waals surface area contributed by atoms with Crippen LogP contribution in [0.5, 0.6) is 0 Å². The minimum atomic E-state index is 0.0466. The van der Waals surface area contributed by atoms with Gasteiger partial charge in [-0.1, -0.05) is 31.0 Å². The van der Waals surface area contributed by atoms with Crippen LogP contribution in [0, 0.1) is 6.92 Å². The number of carbonyl (C=O) groups excluding carboxylic acids is 1. The zero-order valence-electron chi connectivity index (χ0n) is 15.6. The van der Waals surface area contributed by atoms with Crippen LogP contribution in [0.15, 0.2) is 48.7 Å². The van der Waals surface area contributed by atoms with Gasteiger partial charge in [0, 0.05) is 36.1 Å². The first kappa shape index (κ1) is 17.5. The number of amides is 1. The smallest absolute Gasteiger partial charge is 0.257 e. The molecule has 0 aliphatic carbocycles. The number of benzene rings is 1. The van der Waals surface area contributed by atoms with Crippen LogP contribution in [0.3, 0.4) is 0 Å². The number of nitrogens with one attached hydrogen (secondary N) is 1. The summed E-state index contributed by atoms with van der Waals surface area (Å²) in [5, 5.41) is 4.31. The highest BCUT2D eigenvalue weighted by Crippen LogP contribution is 2.30. The van der Waals surface area contributed by atoms with Gasteiger partial charge in [0.15, 0.2) is 5.65 Å². The molecule has 138 valence electrons. The number of rotatable bonds is 3. The first-order valence-corrected chi connectivity index (χ1v) is 9.60. The van der Waals surface area contributed by atoms with Gasteiger partial charge in [0.2, 0.25) is 0 Å². The van der Waals surface area contributed by atoms with Gasteiger partial charge in [0.25, 0.3) is 5.91 Å². The molecular formula is C22H24N4O. The summed E-state index contributed by atoms with van der Waals surface area (Å²) in [4.78, 5) is 24.3. The largest absolute Gasteiger partial charge is 0.354 e. The lowest BCUT2D eigenvalue weighted by atomic mass is 10.1. The molecule has 1 amide bonds. The first-order chi connectivity index (χ1) is 13.2. The number of nitrogens with zero attached hydrogens (tertiary/aromatic N) is 3. The maximum Gasteiger partial charge on any atom is 0.257 e. The van der Waals surface area contributed by atoms with E-state index in [1.807, 2.05) is 54.3 Å². The highest BCUT2D eigenvalue weighted by molar-refractivity contribution is 6.07. The predicted octanol–water partition coefficient (Wildman–Crippen LogP) is 4.70.